The Morgan fingerprint density at radius 3 is 2.86 bits per heavy atom. The summed E-state index contributed by atoms with van der Waals surface area (Å²) in [4.78, 5) is 16.8. The molecule has 6 heteroatoms. The summed E-state index contributed by atoms with van der Waals surface area (Å²) in [5.41, 5.74) is 0.142. The topological polar surface area (TPSA) is 65.5 Å². The number of nitrogens with zero attached hydrogens (tertiary/aromatic N) is 2. The highest BCUT2D eigenvalue weighted by molar-refractivity contribution is 7.13. The summed E-state index contributed by atoms with van der Waals surface area (Å²) in [6, 6.07) is 0. The summed E-state index contributed by atoms with van der Waals surface area (Å²) >= 11 is 1.39. The molecular formula is C8H11N3O2S. The van der Waals surface area contributed by atoms with E-state index in [1.807, 2.05) is 0 Å². The van der Waals surface area contributed by atoms with Crippen LogP contribution in [0.25, 0.3) is 0 Å². The van der Waals surface area contributed by atoms with Crippen LogP contribution in [0.15, 0.2) is 5.38 Å². The third kappa shape index (κ3) is 1.85. The number of hydrogen-bond acceptors (Lipinski definition) is 5. The molecular weight excluding hydrogens is 202 g/mol. The fourth-order valence-electron chi connectivity index (χ4n) is 1.36. The van der Waals surface area contributed by atoms with Crippen molar-refractivity contribution in [3.05, 3.63) is 11.1 Å². The second kappa shape index (κ2) is 3.93. The van der Waals surface area contributed by atoms with Gasteiger partial charge < -0.3 is 15.3 Å². The molecule has 14 heavy (non-hydrogen) atoms. The summed E-state index contributed by atoms with van der Waals surface area (Å²) in [5, 5.41) is 14.3. The number of carboxylic acid groups (broad SMARTS) is 1. The van der Waals surface area contributed by atoms with Gasteiger partial charge in [-0.15, -0.1) is 11.3 Å². The SMILES string of the molecule is O=C(O)c1csc(N2CCNCC2)n1. The summed E-state index contributed by atoms with van der Waals surface area (Å²) in [6.07, 6.45) is 0. The number of piperazine rings is 1. The van der Waals surface area contributed by atoms with Gasteiger partial charge in [0.25, 0.3) is 0 Å². The van der Waals surface area contributed by atoms with Crippen LogP contribution in [0, 0.1) is 0 Å². The number of thiazole rings is 1. The zero-order valence-electron chi connectivity index (χ0n) is 7.56. The fourth-order valence-corrected chi connectivity index (χ4v) is 2.22. The second-order valence-corrected chi connectivity index (χ2v) is 3.89. The standard InChI is InChI=1S/C8H11N3O2S/c12-7(13)6-5-14-8(10-6)11-3-1-9-2-4-11/h5,9H,1-4H2,(H,12,13). The molecule has 0 radical (unpaired) electrons. The Morgan fingerprint density at radius 1 is 1.57 bits per heavy atom. The number of carboxylic acids is 1. The Morgan fingerprint density at radius 2 is 2.29 bits per heavy atom. The lowest BCUT2D eigenvalue weighted by Gasteiger charge is -2.26. The van der Waals surface area contributed by atoms with E-state index in [4.69, 9.17) is 5.11 Å². The number of carbonyl (C=O) groups is 1. The second-order valence-electron chi connectivity index (χ2n) is 3.06. The van der Waals surface area contributed by atoms with Crippen molar-refractivity contribution >= 4 is 22.4 Å². The van der Waals surface area contributed by atoms with Gasteiger partial charge in [-0.2, -0.15) is 0 Å². The van der Waals surface area contributed by atoms with Crippen molar-refractivity contribution in [2.75, 3.05) is 31.1 Å². The van der Waals surface area contributed by atoms with E-state index in [2.05, 4.69) is 15.2 Å². The average Bonchev–Trinajstić information content (AvgIpc) is 2.68. The largest absolute Gasteiger partial charge is 0.476 e. The van der Waals surface area contributed by atoms with E-state index < -0.39 is 5.97 Å². The molecule has 0 unspecified atom stereocenters. The van der Waals surface area contributed by atoms with E-state index in [0.717, 1.165) is 31.3 Å². The molecule has 5 nitrogen and oxygen atoms in total. The van der Waals surface area contributed by atoms with Crippen LogP contribution in [0.3, 0.4) is 0 Å². The Balaban J connectivity index is 2.11. The lowest BCUT2D eigenvalue weighted by atomic mass is 10.4. The Kier molecular flexibility index (Phi) is 2.64. The van der Waals surface area contributed by atoms with Gasteiger partial charge in [0.05, 0.1) is 0 Å². The zero-order chi connectivity index (χ0) is 9.97. The van der Waals surface area contributed by atoms with Gasteiger partial charge in [0.15, 0.2) is 10.8 Å². The minimum absolute atomic E-state index is 0.142. The van der Waals surface area contributed by atoms with Crippen molar-refractivity contribution in [2.45, 2.75) is 0 Å². The summed E-state index contributed by atoms with van der Waals surface area (Å²) in [5.74, 6) is -0.956. The highest BCUT2D eigenvalue weighted by Crippen LogP contribution is 2.20. The molecule has 1 fully saturated rings. The Labute approximate surface area is 85.4 Å². The Hall–Kier alpha value is -1.14. The van der Waals surface area contributed by atoms with Crippen molar-refractivity contribution in [2.24, 2.45) is 0 Å². The highest BCUT2D eigenvalue weighted by Gasteiger charge is 2.15. The summed E-state index contributed by atoms with van der Waals surface area (Å²) in [7, 11) is 0. The van der Waals surface area contributed by atoms with Crippen LogP contribution in [0.2, 0.25) is 0 Å². The first-order chi connectivity index (χ1) is 6.77. The third-order valence-corrected chi connectivity index (χ3v) is 3.00. The first-order valence-corrected chi connectivity index (χ1v) is 5.30. The maximum absolute atomic E-state index is 10.6. The van der Waals surface area contributed by atoms with E-state index in [0.29, 0.717) is 0 Å². The molecule has 0 spiro atoms. The van der Waals surface area contributed by atoms with Gasteiger partial charge >= 0.3 is 5.97 Å². The average molecular weight is 213 g/mol. The van der Waals surface area contributed by atoms with Crippen LogP contribution in [0.1, 0.15) is 10.5 Å². The first kappa shape index (κ1) is 9.42. The van der Waals surface area contributed by atoms with Gasteiger partial charge in [-0.3, -0.25) is 0 Å². The third-order valence-electron chi connectivity index (χ3n) is 2.10. The fraction of sp³-hybridized carbons (Fsp3) is 0.500. The molecule has 76 valence electrons. The maximum atomic E-state index is 10.6. The normalized spacial score (nSPS) is 17.0. The van der Waals surface area contributed by atoms with Crippen LogP contribution >= 0.6 is 11.3 Å². The van der Waals surface area contributed by atoms with Gasteiger partial charge in [0.2, 0.25) is 0 Å². The van der Waals surface area contributed by atoms with Gasteiger partial charge in [-0.25, -0.2) is 9.78 Å². The highest BCUT2D eigenvalue weighted by atomic mass is 32.1. The van der Waals surface area contributed by atoms with E-state index >= 15 is 0 Å². The molecule has 2 heterocycles. The number of nitrogens with one attached hydrogen (secondary N) is 1. The number of aromatic nitrogens is 1. The molecule has 1 aromatic rings. The molecule has 1 aromatic heterocycles. The van der Waals surface area contributed by atoms with Gasteiger partial charge in [-0.05, 0) is 0 Å². The lowest BCUT2D eigenvalue weighted by Crippen LogP contribution is -2.43. The van der Waals surface area contributed by atoms with Crippen LogP contribution in [0.5, 0.6) is 0 Å². The monoisotopic (exact) mass is 213 g/mol. The molecule has 2 N–H and O–H groups in total. The predicted octanol–water partition coefficient (Wildman–Crippen LogP) is 0.251. The number of hydrogen-bond donors (Lipinski definition) is 2. The molecule has 1 aliphatic rings. The molecule has 0 amide bonds. The van der Waals surface area contributed by atoms with Crippen molar-refractivity contribution in [1.82, 2.24) is 10.3 Å². The number of anilines is 1. The quantitative estimate of drug-likeness (QED) is 0.737. The minimum Gasteiger partial charge on any atom is -0.476 e. The smallest absolute Gasteiger partial charge is 0.355 e. The van der Waals surface area contributed by atoms with Crippen molar-refractivity contribution in [1.29, 1.82) is 0 Å². The first-order valence-electron chi connectivity index (χ1n) is 4.42. The number of rotatable bonds is 2. The molecule has 1 saturated heterocycles. The van der Waals surface area contributed by atoms with E-state index in [-0.39, 0.29) is 5.69 Å². The molecule has 1 aliphatic heterocycles. The van der Waals surface area contributed by atoms with Gasteiger partial charge in [0, 0.05) is 31.6 Å². The Bertz CT molecular complexity index is 333. The zero-order valence-corrected chi connectivity index (χ0v) is 8.38. The molecule has 0 bridgehead atoms. The van der Waals surface area contributed by atoms with Gasteiger partial charge in [-0.1, -0.05) is 0 Å². The van der Waals surface area contributed by atoms with Crippen LogP contribution in [-0.4, -0.2) is 42.2 Å². The van der Waals surface area contributed by atoms with Crippen molar-refractivity contribution < 1.29 is 9.90 Å². The number of aromatic carboxylic acids is 1. The molecule has 2 rings (SSSR count). The molecule has 0 aliphatic carbocycles. The summed E-state index contributed by atoms with van der Waals surface area (Å²) < 4.78 is 0. The van der Waals surface area contributed by atoms with E-state index in [1.165, 1.54) is 11.3 Å². The van der Waals surface area contributed by atoms with Crippen molar-refractivity contribution in [3.63, 3.8) is 0 Å². The van der Waals surface area contributed by atoms with Crippen LogP contribution < -0.4 is 10.2 Å². The van der Waals surface area contributed by atoms with E-state index in [9.17, 15) is 4.79 Å². The van der Waals surface area contributed by atoms with Gasteiger partial charge in [0.1, 0.15) is 0 Å². The van der Waals surface area contributed by atoms with Crippen LogP contribution in [-0.2, 0) is 0 Å². The summed E-state index contributed by atoms with van der Waals surface area (Å²) in [6.45, 7) is 3.66. The van der Waals surface area contributed by atoms with Crippen LogP contribution in [0.4, 0.5) is 5.13 Å². The van der Waals surface area contributed by atoms with E-state index in [1.54, 1.807) is 5.38 Å². The molecule has 0 aromatic carbocycles. The maximum Gasteiger partial charge on any atom is 0.355 e. The predicted molar refractivity (Wildman–Crippen MR) is 54.2 cm³/mol. The molecule has 0 saturated carbocycles. The lowest BCUT2D eigenvalue weighted by molar-refractivity contribution is 0.0691. The molecule has 0 atom stereocenters. The van der Waals surface area contributed by atoms with Crippen molar-refractivity contribution in [3.8, 4) is 0 Å². The minimum atomic E-state index is -0.956.